The first-order valence-corrected chi connectivity index (χ1v) is 18.1. The van der Waals surface area contributed by atoms with E-state index in [4.69, 9.17) is 0 Å². The first-order valence-electron chi connectivity index (χ1n) is 18.1. The molecule has 0 aromatic heterocycles. The second-order valence-corrected chi connectivity index (χ2v) is 14.3. The summed E-state index contributed by atoms with van der Waals surface area (Å²) in [5, 5.41) is 0. The third-order valence-corrected chi connectivity index (χ3v) is 11.7. The summed E-state index contributed by atoms with van der Waals surface area (Å²) in [6, 6.07) is 68.3. The van der Waals surface area contributed by atoms with Gasteiger partial charge in [-0.25, -0.2) is 0 Å². The van der Waals surface area contributed by atoms with Gasteiger partial charge in [0.2, 0.25) is 0 Å². The lowest BCUT2D eigenvalue weighted by atomic mass is 9.84. The van der Waals surface area contributed by atoms with E-state index in [9.17, 15) is 0 Å². The maximum Gasteiger partial charge on any atom is 0.0352 e. The van der Waals surface area contributed by atoms with Crippen LogP contribution in [0.15, 0.2) is 182 Å². The SMILES string of the molecule is c1ccc(C2c3ccccc3-c3cc4c(cc32)C(c2cccc(-c3cccc(-c5cccc6c5Cc5ccccc5-6)c3)c2)c2ccccc2-4)cc1. The molecule has 3 aliphatic rings. The summed E-state index contributed by atoms with van der Waals surface area (Å²) in [6.07, 6.45) is 0.988. The Balaban J connectivity index is 1.03. The Morgan fingerprint density at radius 2 is 0.824 bits per heavy atom. The van der Waals surface area contributed by atoms with E-state index in [-0.39, 0.29) is 11.8 Å². The highest BCUT2D eigenvalue weighted by atomic mass is 14.4. The van der Waals surface area contributed by atoms with Crippen LogP contribution in [0.25, 0.3) is 55.6 Å². The van der Waals surface area contributed by atoms with Gasteiger partial charge < -0.3 is 0 Å². The smallest absolute Gasteiger partial charge is 0.0352 e. The highest BCUT2D eigenvalue weighted by Gasteiger charge is 2.36. The second kappa shape index (κ2) is 11.1. The van der Waals surface area contributed by atoms with Gasteiger partial charge in [0.1, 0.15) is 0 Å². The van der Waals surface area contributed by atoms with E-state index >= 15 is 0 Å². The summed E-state index contributed by atoms with van der Waals surface area (Å²) >= 11 is 0. The molecule has 51 heavy (non-hydrogen) atoms. The van der Waals surface area contributed by atoms with Crippen LogP contribution in [0.4, 0.5) is 0 Å². The summed E-state index contributed by atoms with van der Waals surface area (Å²) in [7, 11) is 0. The van der Waals surface area contributed by atoms with Crippen LogP contribution >= 0.6 is 0 Å². The van der Waals surface area contributed by atoms with Gasteiger partial charge in [-0.3, -0.25) is 0 Å². The molecule has 0 saturated heterocycles. The maximum atomic E-state index is 2.55. The topological polar surface area (TPSA) is 0 Å². The summed E-state index contributed by atoms with van der Waals surface area (Å²) in [5.41, 5.74) is 24.5. The van der Waals surface area contributed by atoms with Crippen molar-refractivity contribution in [1.29, 1.82) is 0 Å². The third-order valence-electron chi connectivity index (χ3n) is 11.7. The van der Waals surface area contributed by atoms with Crippen molar-refractivity contribution < 1.29 is 0 Å². The van der Waals surface area contributed by atoms with Gasteiger partial charge in [-0.1, -0.05) is 170 Å². The Kier molecular flexibility index (Phi) is 6.24. The third kappa shape index (κ3) is 4.33. The molecular formula is C51H34. The van der Waals surface area contributed by atoms with Crippen LogP contribution in [0.5, 0.6) is 0 Å². The molecule has 0 N–H and O–H groups in total. The van der Waals surface area contributed by atoms with Crippen LogP contribution in [-0.2, 0) is 6.42 Å². The van der Waals surface area contributed by atoms with E-state index in [0.717, 1.165) is 6.42 Å². The molecule has 0 heteroatoms. The molecule has 0 saturated carbocycles. The average Bonchev–Trinajstić information content (AvgIpc) is 3.85. The molecule has 8 aromatic rings. The zero-order valence-electron chi connectivity index (χ0n) is 28.2. The van der Waals surface area contributed by atoms with Gasteiger partial charge in [-0.2, -0.15) is 0 Å². The Bertz CT molecular complexity index is 2680. The number of hydrogen-bond donors (Lipinski definition) is 0. The summed E-state index contributed by atoms with van der Waals surface area (Å²) in [5.74, 6) is 0.397. The van der Waals surface area contributed by atoms with Crippen LogP contribution in [0.2, 0.25) is 0 Å². The van der Waals surface area contributed by atoms with Crippen molar-refractivity contribution in [3.63, 3.8) is 0 Å². The molecule has 2 unspecified atom stereocenters. The minimum Gasteiger partial charge on any atom is -0.0622 e. The second-order valence-electron chi connectivity index (χ2n) is 14.3. The van der Waals surface area contributed by atoms with Gasteiger partial charge in [0.15, 0.2) is 0 Å². The Labute approximate surface area is 299 Å². The largest absolute Gasteiger partial charge is 0.0622 e. The Morgan fingerprint density at radius 3 is 1.59 bits per heavy atom. The maximum absolute atomic E-state index is 2.55. The number of hydrogen-bond acceptors (Lipinski definition) is 0. The lowest BCUT2D eigenvalue weighted by Gasteiger charge is -2.19. The molecule has 8 aromatic carbocycles. The lowest BCUT2D eigenvalue weighted by Crippen LogP contribution is -2.03. The molecule has 0 radical (unpaired) electrons. The molecule has 0 heterocycles. The van der Waals surface area contributed by atoms with Gasteiger partial charge in [-0.05, 0) is 119 Å². The van der Waals surface area contributed by atoms with E-state index in [1.807, 2.05) is 0 Å². The van der Waals surface area contributed by atoms with E-state index in [1.165, 1.54) is 100 Å². The molecule has 11 rings (SSSR count). The fourth-order valence-electron chi connectivity index (χ4n) is 9.46. The highest BCUT2D eigenvalue weighted by Crippen LogP contribution is 2.55. The normalized spacial score (nSPS) is 15.8. The van der Waals surface area contributed by atoms with Gasteiger partial charge >= 0.3 is 0 Å². The number of rotatable bonds is 4. The van der Waals surface area contributed by atoms with Crippen molar-refractivity contribution in [2.75, 3.05) is 0 Å². The quantitative estimate of drug-likeness (QED) is 0.178. The fourth-order valence-corrected chi connectivity index (χ4v) is 9.46. The van der Waals surface area contributed by atoms with Gasteiger partial charge in [-0.15, -0.1) is 0 Å². The van der Waals surface area contributed by atoms with Crippen LogP contribution in [0.3, 0.4) is 0 Å². The van der Waals surface area contributed by atoms with Crippen molar-refractivity contribution >= 4 is 0 Å². The van der Waals surface area contributed by atoms with Crippen molar-refractivity contribution in [2.45, 2.75) is 18.3 Å². The zero-order valence-corrected chi connectivity index (χ0v) is 28.2. The van der Waals surface area contributed by atoms with Crippen LogP contribution < -0.4 is 0 Å². The Hall–Kier alpha value is -6.24. The van der Waals surface area contributed by atoms with Crippen molar-refractivity contribution in [3.05, 3.63) is 226 Å². The molecule has 2 atom stereocenters. The predicted molar refractivity (Wildman–Crippen MR) is 211 cm³/mol. The highest BCUT2D eigenvalue weighted by molar-refractivity contribution is 5.91. The Morgan fingerprint density at radius 1 is 0.294 bits per heavy atom. The molecule has 0 fully saturated rings. The lowest BCUT2D eigenvalue weighted by molar-refractivity contribution is 0.982. The monoisotopic (exact) mass is 646 g/mol. The van der Waals surface area contributed by atoms with Crippen molar-refractivity contribution in [2.24, 2.45) is 0 Å². The van der Waals surface area contributed by atoms with E-state index in [1.54, 1.807) is 0 Å². The van der Waals surface area contributed by atoms with E-state index < -0.39 is 0 Å². The van der Waals surface area contributed by atoms with E-state index in [0.29, 0.717) is 0 Å². The van der Waals surface area contributed by atoms with Crippen molar-refractivity contribution in [3.8, 4) is 55.6 Å². The minimum absolute atomic E-state index is 0.167. The standard InChI is InChI=1S/C51H34/c1-2-13-32(14-3-1)50-43-23-8-6-21-41(43)46-30-47-42-22-7-9-24-44(42)51(49(47)31-48(46)50)37-19-11-17-34(28-37)33-16-10-18-35(27-33)39-25-12-26-40-38-20-5-4-15-36(38)29-45(39)40/h1-28,30-31,50-51H,29H2. The summed E-state index contributed by atoms with van der Waals surface area (Å²) < 4.78 is 0. The van der Waals surface area contributed by atoms with Crippen LogP contribution in [0, 0.1) is 0 Å². The fraction of sp³-hybridized carbons (Fsp3) is 0.0588. The first kappa shape index (κ1) is 28.6. The van der Waals surface area contributed by atoms with Crippen molar-refractivity contribution in [1.82, 2.24) is 0 Å². The molecule has 0 aliphatic heterocycles. The van der Waals surface area contributed by atoms with E-state index in [2.05, 4.69) is 182 Å². The molecule has 0 nitrogen and oxygen atoms in total. The number of fused-ring (bicyclic) bond motifs is 9. The van der Waals surface area contributed by atoms with Gasteiger partial charge in [0.05, 0.1) is 0 Å². The summed E-state index contributed by atoms with van der Waals surface area (Å²) in [6.45, 7) is 0. The molecule has 0 bridgehead atoms. The van der Waals surface area contributed by atoms with Crippen LogP contribution in [-0.4, -0.2) is 0 Å². The average molecular weight is 647 g/mol. The van der Waals surface area contributed by atoms with Crippen LogP contribution in [0.1, 0.15) is 56.3 Å². The first-order chi connectivity index (χ1) is 25.3. The predicted octanol–water partition coefficient (Wildman–Crippen LogP) is 12.9. The number of benzene rings is 8. The summed E-state index contributed by atoms with van der Waals surface area (Å²) in [4.78, 5) is 0. The zero-order chi connectivity index (χ0) is 33.5. The molecule has 3 aliphatic carbocycles. The van der Waals surface area contributed by atoms with Gasteiger partial charge in [0, 0.05) is 11.8 Å². The molecule has 238 valence electrons. The molecule has 0 amide bonds. The minimum atomic E-state index is 0.167. The van der Waals surface area contributed by atoms with Gasteiger partial charge in [0.25, 0.3) is 0 Å². The molecule has 0 spiro atoms. The molecular weight excluding hydrogens is 613 g/mol.